The van der Waals surface area contributed by atoms with Gasteiger partial charge in [-0.15, -0.1) is 11.3 Å². The van der Waals surface area contributed by atoms with Crippen LogP contribution in [0.3, 0.4) is 0 Å². The topological polar surface area (TPSA) is 39.1 Å². The smallest absolute Gasteiger partial charge is 0.0855 e. The van der Waals surface area contributed by atoms with Gasteiger partial charge in [-0.25, -0.2) is 0 Å². The maximum absolute atomic E-state index is 6.28. The van der Waals surface area contributed by atoms with E-state index in [1.165, 1.54) is 4.88 Å². The van der Waals surface area contributed by atoms with E-state index in [1.807, 2.05) is 17.8 Å². The summed E-state index contributed by atoms with van der Waals surface area (Å²) in [6.07, 6.45) is 1.68. The Labute approximate surface area is 129 Å². The number of nitrogens with one attached hydrogen (secondary N) is 1. The van der Waals surface area contributed by atoms with Gasteiger partial charge in [-0.2, -0.15) is 5.10 Å². The van der Waals surface area contributed by atoms with Gasteiger partial charge >= 0.3 is 0 Å². The Morgan fingerprint density at radius 2 is 2.37 bits per heavy atom. The van der Waals surface area contributed by atoms with Crippen molar-refractivity contribution in [3.63, 3.8) is 0 Å². The van der Waals surface area contributed by atoms with Gasteiger partial charge in [0.25, 0.3) is 0 Å². The number of halogens is 2. The van der Waals surface area contributed by atoms with Crippen LogP contribution in [-0.4, -0.2) is 30.5 Å². The summed E-state index contributed by atoms with van der Waals surface area (Å²) in [7, 11) is 3.60. The number of methoxy groups -OCH3 is 1. The van der Waals surface area contributed by atoms with Crippen molar-refractivity contribution >= 4 is 38.9 Å². The van der Waals surface area contributed by atoms with Crippen LogP contribution in [0.1, 0.15) is 16.6 Å². The van der Waals surface area contributed by atoms with E-state index in [4.69, 9.17) is 16.3 Å². The fourth-order valence-electron chi connectivity index (χ4n) is 1.91. The van der Waals surface area contributed by atoms with E-state index in [1.54, 1.807) is 24.6 Å². The highest BCUT2D eigenvalue weighted by molar-refractivity contribution is 9.11. The van der Waals surface area contributed by atoms with E-state index in [-0.39, 0.29) is 6.04 Å². The highest BCUT2D eigenvalue weighted by Crippen LogP contribution is 2.34. The molecule has 1 atom stereocenters. The maximum Gasteiger partial charge on any atom is 0.0855 e. The molecule has 104 valence electrons. The molecule has 0 aromatic carbocycles. The fraction of sp³-hybridized carbons (Fsp3) is 0.417. The minimum Gasteiger partial charge on any atom is -0.383 e. The molecule has 2 aromatic rings. The molecular formula is C12H15BrClN3OS. The molecule has 0 amide bonds. The second kappa shape index (κ2) is 6.85. The van der Waals surface area contributed by atoms with Gasteiger partial charge in [-0.05, 0) is 35.1 Å². The van der Waals surface area contributed by atoms with E-state index < -0.39 is 0 Å². The van der Waals surface area contributed by atoms with Crippen molar-refractivity contribution in [2.24, 2.45) is 0 Å². The molecule has 1 N–H and O–H groups in total. The van der Waals surface area contributed by atoms with E-state index in [0.29, 0.717) is 18.2 Å². The zero-order valence-electron chi connectivity index (χ0n) is 10.7. The SMILES string of the molecule is CNC(c1ccc(Br)s1)c1c(Cl)cnn1CCOC. The molecule has 2 aromatic heterocycles. The average Bonchev–Trinajstić information content (AvgIpc) is 2.97. The first-order valence-corrected chi connectivity index (χ1v) is 7.78. The monoisotopic (exact) mass is 363 g/mol. The number of hydrogen-bond donors (Lipinski definition) is 1. The molecule has 4 nitrogen and oxygen atoms in total. The lowest BCUT2D eigenvalue weighted by Crippen LogP contribution is -2.22. The molecule has 2 rings (SSSR count). The van der Waals surface area contributed by atoms with Crippen LogP contribution in [0.2, 0.25) is 5.02 Å². The Balaban J connectivity index is 2.34. The van der Waals surface area contributed by atoms with E-state index in [2.05, 4.69) is 32.4 Å². The first-order chi connectivity index (χ1) is 9.17. The third-order valence-corrected chi connectivity index (χ3v) is 4.76. The van der Waals surface area contributed by atoms with Gasteiger partial charge in [-0.3, -0.25) is 4.68 Å². The zero-order valence-corrected chi connectivity index (χ0v) is 13.8. The lowest BCUT2D eigenvalue weighted by atomic mass is 10.1. The van der Waals surface area contributed by atoms with Gasteiger partial charge in [0.15, 0.2) is 0 Å². The standard InChI is InChI=1S/C12H15BrClN3OS/c1-15-11(9-3-4-10(13)19-9)12-8(14)7-16-17(12)5-6-18-2/h3-4,7,11,15H,5-6H2,1-2H3. The van der Waals surface area contributed by atoms with Crippen molar-refractivity contribution in [2.75, 3.05) is 20.8 Å². The van der Waals surface area contributed by atoms with Crippen LogP contribution in [0, 0.1) is 0 Å². The summed E-state index contributed by atoms with van der Waals surface area (Å²) in [5.41, 5.74) is 0.968. The molecule has 19 heavy (non-hydrogen) atoms. The number of ether oxygens (including phenoxy) is 1. The summed E-state index contributed by atoms with van der Waals surface area (Å²) in [6, 6.07) is 4.15. The van der Waals surface area contributed by atoms with E-state index >= 15 is 0 Å². The maximum atomic E-state index is 6.28. The highest BCUT2D eigenvalue weighted by atomic mass is 79.9. The molecule has 2 heterocycles. The minimum absolute atomic E-state index is 0.0307. The summed E-state index contributed by atoms with van der Waals surface area (Å²) in [5, 5.41) is 8.27. The molecule has 0 saturated heterocycles. The van der Waals surface area contributed by atoms with Crippen molar-refractivity contribution in [1.82, 2.24) is 15.1 Å². The lowest BCUT2D eigenvalue weighted by molar-refractivity contribution is 0.182. The molecule has 0 aliphatic rings. The van der Waals surface area contributed by atoms with Gasteiger partial charge in [-0.1, -0.05) is 11.6 Å². The lowest BCUT2D eigenvalue weighted by Gasteiger charge is -2.17. The Bertz CT molecular complexity index is 543. The molecule has 0 saturated carbocycles. The van der Waals surface area contributed by atoms with Crippen LogP contribution in [0.15, 0.2) is 22.1 Å². The first kappa shape index (κ1) is 15.0. The minimum atomic E-state index is 0.0307. The van der Waals surface area contributed by atoms with Gasteiger partial charge in [0.05, 0.1) is 39.9 Å². The van der Waals surface area contributed by atoms with Crippen molar-refractivity contribution in [3.8, 4) is 0 Å². The van der Waals surface area contributed by atoms with Crippen molar-refractivity contribution in [2.45, 2.75) is 12.6 Å². The number of hydrogen-bond acceptors (Lipinski definition) is 4. The van der Waals surface area contributed by atoms with Gasteiger partial charge in [0.2, 0.25) is 0 Å². The number of aromatic nitrogens is 2. The Morgan fingerprint density at radius 3 is 2.95 bits per heavy atom. The molecule has 0 spiro atoms. The van der Waals surface area contributed by atoms with Crippen LogP contribution < -0.4 is 5.32 Å². The van der Waals surface area contributed by atoms with Crippen LogP contribution in [0.5, 0.6) is 0 Å². The van der Waals surface area contributed by atoms with E-state index in [0.717, 1.165) is 9.48 Å². The number of rotatable bonds is 6. The Morgan fingerprint density at radius 1 is 1.58 bits per heavy atom. The number of nitrogens with zero attached hydrogens (tertiary/aromatic N) is 2. The summed E-state index contributed by atoms with van der Waals surface area (Å²) in [6.45, 7) is 1.29. The molecule has 0 aliphatic carbocycles. The first-order valence-electron chi connectivity index (χ1n) is 5.80. The molecule has 0 bridgehead atoms. The van der Waals surface area contributed by atoms with Crippen molar-refractivity contribution < 1.29 is 4.74 Å². The van der Waals surface area contributed by atoms with Gasteiger partial charge in [0, 0.05) is 12.0 Å². The average molecular weight is 365 g/mol. The third-order valence-electron chi connectivity index (χ3n) is 2.78. The molecule has 0 radical (unpaired) electrons. The Kier molecular flexibility index (Phi) is 5.41. The summed E-state index contributed by atoms with van der Waals surface area (Å²) >= 11 is 11.5. The third kappa shape index (κ3) is 3.38. The molecule has 7 heteroatoms. The molecule has 1 unspecified atom stereocenters. The van der Waals surface area contributed by atoms with Crippen molar-refractivity contribution in [1.29, 1.82) is 0 Å². The van der Waals surface area contributed by atoms with Gasteiger partial charge < -0.3 is 10.1 Å². The van der Waals surface area contributed by atoms with Crippen molar-refractivity contribution in [3.05, 3.63) is 37.7 Å². The van der Waals surface area contributed by atoms with Crippen LogP contribution >= 0.6 is 38.9 Å². The predicted molar refractivity (Wildman–Crippen MR) is 82.0 cm³/mol. The largest absolute Gasteiger partial charge is 0.383 e. The molecule has 0 fully saturated rings. The molecular weight excluding hydrogens is 350 g/mol. The molecule has 0 aliphatic heterocycles. The van der Waals surface area contributed by atoms with E-state index in [9.17, 15) is 0 Å². The van der Waals surface area contributed by atoms with Crippen LogP contribution in [0.4, 0.5) is 0 Å². The zero-order chi connectivity index (χ0) is 13.8. The Hall–Kier alpha value is -0.400. The number of thiophene rings is 1. The second-order valence-corrected chi connectivity index (χ2v) is 6.86. The summed E-state index contributed by atoms with van der Waals surface area (Å²) in [5.74, 6) is 0. The second-order valence-electron chi connectivity index (χ2n) is 3.96. The van der Waals surface area contributed by atoms with Crippen LogP contribution in [-0.2, 0) is 11.3 Å². The summed E-state index contributed by atoms with van der Waals surface area (Å²) < 4.78 is 8.09. The predicted octanol–water partition coefficient (Wildman–Crippen LogP) is 3.32. The highest BCUT2D eigenvalue weighted by Gasteiger charge is 2.22. The summed E-state index contributed by atoms with van der Waals surface area (Å²) in [4.78, 5) is 1.19. The van der Waals surface area contributed by atoms with Crippen LogP contribution in [0.25, 0.3) is 0 Å². The fourth-order valence-corrected chi connectivity index (χ4v) is 3.70. The quantitative estimate of drug-likeness (QED) is 0.854. The van der Waals surface area contributed by atoms with Gasteiger partial charge in [0.1, 0.15) is 0 Å². The normalized spacial score (nSPS) is 12.8.